The van der Waals surface area contributed by atoms with Crippen molar-refractivity contribution in [2.45, 2.75) is 12.8 Å². The molecule has 0 spiro atoms. The van der Waals surface area contributed by atoms with Gasteiger partial charge in [0.1, 0.15) is 4.32 Å². The Labute approximate surface area is 104 Å². The van der Waals surface area contributed by atoms with Gasteiger partial charge >= 0.3 is 0 Å². The number of nitrogens with one attached hydrogen (secondary N) is 2. The fraction of sp³-hybridized carbons (Fsp3) is 0.273. The summed E-state index contributed by atoms with van der Waals surface area (Å²) in [6.45, 7) is 0. The van der Waals surface area contributed by atoms with E-state index in [4.69, 9.17) is 12.2 Å². The minimum absolute atomic E-state index is 0.0906. The van der Waals surface area contributed by atoms with Crippen molar-refractivity contribution in [1.82, 2.24) is 0 Å². The summed E-state index contributed by atoms with van der Waals surface area (Å²) in [6, 6.07) is 5.88. The van der Waals surface area contributed by atoms with E-state index >= 15 is 0 Å². The highest BCUT2D eigenvalue weighted by molar-refractivity contribution is 8.22. The number of aryl methyl sites for hydroxylation is 1. The summed E-state index contributed by atoms with van der Waals surface area (Å²) in [5.74, 6) is 0.0906. The van der Waals surface area contributed by atoms with E-state index in [1.807, 2.05) is 24.5 Å². The van der Waals surface area contributed by atoms with Gasteiger partial charge in [-0.25, -0.2) is 0 Å². The van der Waals surface area contributed by atoms with Gasteiger partial charge in [0.05, 0.1) is 0 Å². The lowest BCUT2D eigenvalue weighted by Gasteiger charge is -2.17. The van der Waals surface area contributed by atoms with Crippen LogP contribution in [0.25, 0.3) is 0 Å². The number of carbonyl (C=O) groups is 1. The van der Waals surface area contributed by atoms with Crippen LogP contribution in [0, 0.1) is 0 Å². The van der Waals surface area contributed by atoms with Crippen LogP contribution in [-0.4, -0.2) is 16.5 Å². The van der Waals surface area contributed by atoms with E-state index in [1.165, 1.54) is 11.8 Å². The molecule has 0 atom stereocenters. The van der Waals surface area contributed by atoms with Gasteiger partial charge in [-0.15, -0.1) is 11.8 Å². The molecule has 1 amide bonds. The first-order valence-electron chi connectivity index (χ1n) is 4.97. The number of hydrogen-bond acceptors (Lipinski definition) is 3. The van der Waals surface area contributed by atoms with Crippen LogP contribution in [0.1, 0.15) is 12.0 Å². The second kappa shape index (κ2) is 4.84. The average Bonchev–Trinajstić information content (AvgIpc) is 2.29. The SMILES string of the molecule is CSC(=S)Nc1ccc2c(c1)CCC(=O)N2. The molecule has 0 radical (unpaired) electrons. The van der Waals surface area contributed by atoms with Crippen LogP contribution in [-0.2, 0) is 11.2 Å². The van der Waals surface area contributed by atoms with E-state index in [1.54, 1.807) is 0 Å². The van der Waals surface area contributed by atoms with Gasteiger partial charge in [-0.2, -0.15) is 0 Å². The van der Waals surface area contributed by atoms with Crippen LogP contribution >= 0.6 is 24.0 Å². The van der Waals surface area contributed by atoms with Gasteiger partial charge in [-0.1, -0.05) is 12.2 Å². The van der Waals surface area contributed by atoms with E-state index in [2.05, 4.69) is 10.6 Å². The molecule has 2 N–H and O–H groups in total. The van der Waals surface area contributed by atoms with Crippen molar-refractivity contribution >= 4 is 45.6 Å². The summed E-state index contributed by atoms with van der Waals surface area (Å²) in [6.07, 6.45) is 3.29. The second-order valence-electron chi connectivity index (χ2n) is 3.54. The van der Waals surface area contributed by atoms with Gasteiger partial charge in [-0.3, -0.25) is 4.79 Å². The Morgan fingerprint density at radius 3 is 3.06 bits per heavy atom. The molecular weight excluding hydrogens is 240 g/mol. The normalized spacial score (nSPS) is 13.9. The molecule has 0 saturated carbocycles. The number of rotatable bonds is 1. The molecule has 0 saturated heterocycles. The van der Waals surface area contributed by atoms with Gasteiger partial charge in [-0.05, 0) is 36.4 Å². The first-order valence-corrected chi connectivity index (χ1v) is 6.60. The van der Waals surface area contributed by atoms with Gasteiger partial charge < -0.3 is 10.6 Å². The molecular formula is C11H12N2OS2. The van der Waals surface area contributed by atoms with Crippen molar-refractivity contribution in [3.63, 3.8) is 0 Å². The Morgan fingerprint density at radius 2 is 2.31 bits per heavy atom. The molecule has 3 nitrogen and oxygen atoms in total. The number of anilines is 2. The molecule has 0 aromatic heterocycles. The lowest BCUT2D eigenvalue weighted by atomic mass is 10.0. The van der Waals surface area contributed by atoms with Crippen molar-refractivity contribution in [2.24, 2.45) is 0 Å². The highest BCUT2D eigenvalue weighted by Gasteiger charge is 2.14. The van der Waals surface area contributed by atoms with Crippen molar-refractivity contribution < 1.29 is 4.79 Å². The predicted octanol–water partition coefficient (Wildman–Crippen LogP) is 2.63. The number of thioether (sulfide) groups is 1. The van der Waals surface area contributed by atoms with Gasteiger partial charge in [0.2, 0.25) is 5.91 Å². The molecule has 1 aromatic carbocycles. The lowest BCUT2D eigenvalue weighted by Crippen LogP contribution is -2.19. The molecule has 16 heavy (non-hydrogen) atoms. The topological polar surface area (TPSA) is 41.1 Å². The first-order chi connectivity index (χ1) is 7.69. The lowest BCUT2D eigenvalue weighted by molar-refractivity contribution is -0.116. The zero-order chi connectivity index (χ0) is 11.5. The number of hydrogen-bond donors (Lipinski definition) is 2. The molecule has 0 unspecified atom stereocenters. The molecule has 1 aromatic rings. The largest absolute Gasteiger partial charge is 0.341 e. The Kier molecular flexibility index (Phi) is 3.46. The summed E-state index contributed by atoms with van der Waals surface area (Å²) in [7, 11) is 0. The van der Waals surface area contributed by atoms with E-state index in [0.717, 1.165) is 27.7 Å². The number of amides is 1. The van der Waals surface area contributed by atoms with E-state index in [9.17, 15) is 4.79 Å². The Balaban J connectivity index is 2.19. The monoisotopic (exact) mass is 252 g/mol. The smallest absolute Gasteiger partial charge is 0.224 e. The summed E-state index contributed by atoms with van der Waals surface area (Å²) < 4.78 is 0.750. The fourth-order valence-electron chi connectivity index (χ4n) is 1.63. The minimum atomic E-state index is 0.0906. The molecule has 0 bridgehead atoms. The summed E-state index contributed by atoms with van der Waals surface area (Å²) in [5, 5.41) is 5.98. The zero-order valence-electron chi connectivity index (χ0n) is 8.87. The maximum atomic E-state index is 11.2. The van der Waals surface area contributed by atoms with Crippen LogP contribution in [0.4, 0.5) is 11.4 Å². The van der Waals surface area contributed by atoms with Gasteiger partial charge in [0, 0.05) is 17.8 Å². The van der Waals surface area contributed by atoms with Crippen molar-refractivity contribution in [3.8, 4) is 0 Å². The van der Waals surface area contributed by atoms with Crippen LogP contribution < -0.4 is 10.6 Å². The molecule has 1 aliphatic heterocycles. The summed E-state index contributed by atoms with van der Waals surface area (Å²) in [4.78, 5) is 11.2. The molecule has 1 aliphatic rings. The molecule has 84 valence electrons. The number of benzene rings is 1. The number of thiocarbonyl (C=S) groups is 1. The molecule has 5 heteroatoms. The fourth-order valence-corrected chi connectivity index (χ4v) is 1.97. The van der Waals surface area contributed by atoms with Crippen LogP contribution in [0.5, 0.6) is 0 Å². The van der Waals surface area contributed by atoms with Crippen LogP contribution in [0.15, 0.2) is 18.2 Å². The summed E-state index contributed by atoms with van der Waals surface area (Å²) in [5.41, 5.74) is 3.06. The van der Waals surface area contributed by atoms with E-state index < -0.39 is 0 Å². The summed E-state index contributed by atoms with van der Waals surface area (Å²) >= 11 is 6.60. The van der Waals surface area contributed by atoms with Gasteiger partial charge in [0.25, 0.3) is 0 Å². The maximum absolute atomic E-state index is 11.2. The Bertz CT molecular complexity index is 446. The third-order valence-electron chi connectivity index (χ3n) is 2.43. The number of fused-ring (bicyclic) bond motifs is 1. The highest BCUT2D eigenvalue weighted by Crippen LogP contribution is 2.26. The standard InChI is InChI=1S/C11H12N2OS2/c1-16-11(15)12-8-3-4-9-7(6-8)2-5-10(14)13-9/h3-4,6H,2,5H2,1H3,(H,12,15)(H,13,14). The Morgan fingerprint density at radius 1 is 1.50 bits per heavy atom. The average molecular weight is 252 g/mol. The van der Waals surface area contributed by atoms with E-state index in [0.29, 0.717) is 6.42 Å². The predicted molar refractivity (Wildman–Crippen MR) is 73.1 cm³/mol. The molecule has 0 aliphatic carbocycles. The Hall–Kier alpha value is -1.07. The second-order valence-corrected chi connectivity index (χ2v) is 5.02. The maximum Gasteiger partial charge on any atom is 0.224 e. The van der Waals surface area contributed by atoms with Crippen molar-refractivity contribution in [2.75, 3.05) is 16.9 Å². The highest BCUT2D eigenvalue weighted by atomic mass is 32.2. The van der Waals surface area contributed by atoms with Gasteiger partial charge in [0.15, 0.2) is 0 Å². The zero-order valence-corrected chi connectivity index (χ0v) is 10.5. The van der Waals surface area contributed by atoms with Crippen LogP contribution in [0.3, 0.4) is 0 Å². The molecule has 1 heterocycles. The van der Waals surface area contributed by atoms with Crippen molar-refractivity contribution in [1.29, 1.82) is 0 Å². The minimum Gasteiger partial charge on any atom is -0.341 e. The number of carbonyl (C=O) groups excluding carboxylic acids is 1. The van der Waals surface area contributed by atoms with E-state index in [-0.39, 0.29) is 5.91 Å². The quantitative estimate of drug-likeness (QED) is 0.754. The molecule has 0 fully saturated rings. The third-order valence-corrected chi connectivity index (χ3v) is 3.51. The first kappa shape index (κ1) is 11.4. The third kappa shape index (κ3) is 2.54. The van der Waals surface area contributed by atoms with Crippen LogP contribution in [0.2, 0.25) is 0 Å². The molecule has 2 rings (SSSR count). The van der Waals surface area contributed by atoms with Crippen molar-refractivity contribution in [3.05, 3.63) is 23.8 Å².